The molecule has 0 aliphatic carbocycles. The van der Waals surface area contributed by atoms with E-state index in [9.17, 15) is 4.79 Å². The van der Waals surface area contributed by atoms with Gasteiger partial charge in [-0.15, -0.1) is 10.2 Å². The number of hydrogen-bond acceptors (Lipinski definition) is 4. The van der Waals surface area contributed by atoms with Crippen LogP contribution in [0.2, 0.25) is 0 Å². The van der Waals surface area contributed by atoms with Gasteiger partial charge >= 0.3 is 0 Å². The van der Waals surface area contributed by atoms with Gasteiger partial charge in [-0.05, 0) is 25.0 Å². The highest BCUT2D eigenvalue weighted by molar-refractivity contribution is 5.94. The molecule has 22 heavy (non-hydrogen) atoms. The average Bonchev–Trinajstić information content (AvgIpc) is 3.25. The highest BCUT2D eigenvalue weighted by Crippen LogP contribution is 2.32. The van der Waals surface area contributed by atoms with Gasteiger partial charge in [0.25, 0.3) is 5.91 Å². The minimum Gasteiger partial charge on any atom is -0.331 e. The summed E-state index contributed by atoms with van der Waals surface area (Å²) in [5.41, 5.74) is 2.49. The molecule has 0 aromatic carbocycles. The Bertz CT molecular complexity index is 835. The van der Waals surface area contributed by atoms with E-state index < -0.39 is 0 Å². The standard InChI is InChI=1S/C15H16N6O/c1-19-8-12(7-17-19)13-3-2-6-21(13)15(22)11-4-5-14-18-16-10-20(14)9-11/h4-5,7-10,13H,2-3,6H2,1H3/t13-/m1/s1. The van der Waals surface area contributed by atoms with E-state index in [0.717, 1.165) is 30.6 Å². The first-order valence-electron chi connectivity index (χ1n) is 7.31. The number of fused-ring (bicyclic) bond motifs is 1. The molecule has 0 radical (unpaired) electrons. The van der Waals surface area contributed by atoms with Crippen LogP contribution in [0, 0.1) is 0 Å². The second kappa shape index (κ2) is 4.94. The molecule has 7 heteroatoms. The number of likely N-dealkylation sites (tertiary alicyclic amines) is 1. The predicted molar refractivity (Wildman–Crippen MR) is 79.2 cm³/mol. The van der Waals surface area contributed by atoms with Crippen molar-refractivity contribution in [2.45, 2.75) is 18.9 Å². The maximum Gasteiger partial charge on any atom is 0.255 e. The van der Waals surface area contributed by atoms with Crippen LogP contribution in [-0.4, -0.2) is 41.7 Å². The summed E-state index contributed by atoms with van der Waals surface area (Å²) in [5, 5.41) is 12.0. The van der Waals surface area contributed by atoms with Crippen molar-refractivity contribution in [3.05, 3.63) is 48.2 Å². The van der Waals surface area contributed by atoms with Gasteiger partial charge in [-0.1, -0.05) is 0 Å². The monoisotopic (exact) mass is 296 g/mol. The smallest absolute Gasteiger partial charge is 0.255 e. The van der Waals surface area contributed by atoms with Crippen LogP contribution < -0.4 is 0 Å². The van der Waals surface area contributed by atoms with Crippen molar-refractivity contribution >= 4 is 11.6 Å². The van der Waals surface area contributed by atoms with E-state index >= 15 is 0 Å². The normalized spacial score (nSPS) is 18.2. The van der Waals surface area contributed by atoms with E-state index in [-0.39, 0.29) is 11.9 Å². The van der Waals surface area contributed by atoms with Crippen LogP contribution in [-0.2, 0) is 7.05 Å². The van der Waals surface area contributed by atoms with E-state index in [1.165, 1.54) is 0 Å². The zero-order chi connectivity index (χ0) is 15.1. The Labute approximate surface area is 127 Å². The van der Waals surface area contributed by atoms with Crippen molar-refractivity contribution in [1.29, 1.82) is 0 Å². The lowest BCUT2D eigenvalue weighted by Gasteiger charge is -2.24. The minimum absolute atomic E-state index is 0.0435. The largest absolute Gasteiger partial charge is 0.331 e. The van der Waals surface area contributed by atoms with E-state index in [2.05, 4.69) is 15.3 Å². The highest BCUT2D eigenvalue weighted by atomic mass is 16.2. The van der Waals surface area contributed by atoms with Gasteiger partial charge in [0.15, 0.2) is 5.65 Å². The van der Waals surface area contributed by atoms with Crippen LogP contribution in [0.15, 0.2) is 37.1 Å². The summed E-state index contributed by atoms with van der Waals surface area (Å²) >= 11 is 0. The fraction of sp³-hybridized carbons (Fsp3) is 0.333. The molecule has 112 valence electrons. The molecule has 1 aliphatic heterocycles. The molecule has 1 aliphatic rings. The lowest BCUT2D eigenvalue weighted by atomic mass is 10.1. The molecule has 0 saturated carbocycles. The van der Waals surface area contributed by atoms with Gasteiger partial charge < -0.3 is 4.90 Å². The van der Waals surface area contributed by atoms with Crippen molar-refractivity contribution in [2.75, 3.05) is 6.54 Å². The summed E-state index contributed by atoms with van der Waals surface area (Å²) < 4.78 is 3.54. The molecule has 1 fully saturated rings. The maximum absolute atomic E-state index is 12.8. The minimum atomic E-state index is 0.0435. The molecule has 0 spiro atoms. The number of amides is 1. The number of nitrogens with zero attached hydrogens (tertiary/aromatic N) is 6. The summed E-state index contributed by atoms with van der Waals surface area (Å²) in [6.07, 6.45) is 9.22. The highest BCUT2D eigenvalue weighted by Gasteiger charge is 2.31. The van der Waals surface area contributed by atoms with Crippen molar-refractivity contribution in [2.24, 2.45) is 7.05 Å². The van der Waals surface area contributed by atoms with E-state index in [1.54, 1.807) is 21.6 Å². The molecule has 0 unspecified atom stereocenters. The van der Waals surface area contributed by atoms with Gasteiger partial charge in [-0.25, -0.2) is 0 Å². The Hall–Kier alpha value is -2.70. The Morgan fingerprint density at radius 3 is 3.05 bits per heavy atom. The van der Waals surface area contributed by atoms with Gasteiger partial charge in [0.05, 0.1) is 17.8 Å². The summed E-state index contributed by atoms with van der Waals surface area (Å²) in [6, 6.07) is 3.73. The molecule has 1 amide bonds. The SMILES string of the molecule is Cn1cc([C@H]2CCCN2C(=O)c2ccc3nncn3c2)cn1. The summed E-state index contributed by atoms with van der Waals surface area (Å²) in [4.78, 5) is 14.8. The molecule has 4 heterocycles. The van der Waals surface area contributed by atoms with E-state index in [4.69, 9.17) is 0 Å². The summed E-state index contributed by atoms with van der Waals surface area (Å²) in [6.45, 7) is 0.776. The van der Waals surface area contributed by atoms with Gasteiger partial charge in [-0.3, -0.25) is 13.9 Å². The number of rotatable bonds is 2. The van der Waals surface area contributed by atoms with Crippen LogP contribution in [0.3, 0.4) is 0 Å². The number of hydrogen-bond donors (Lipinski definition) is 0. The van der Waals surface area contributed by atoms with E-state index in [1.807, 2.05) is 36.5 Å². The Morgan fingerprint density at radius 1 is 1.32 bits per heavy atom. The summed E-state index contributed by atoms with van der Waals surface area (Å²) in [7, 11) is 1.89. The number of aromatic nitrogens is 5. The van der Waals surface area contributed by atoms with Crippen LogP contribution in [0.1, 0.15) is 34.8 Å². The first-order valence-corrected chi connectivity index (χ1v) is 7.31. The predicted octanol–water partition coefficient (Wildman–Crippen LogP) is 1.44. The molecule has 0 bridgehead atoms. The fourth-order valence-corrected chi connectivity index (χ4v) is 3.09. The lowest BCUT2D eigenvalue weighted by molar-refractivity contribution is 0.0735. The van der Waals surface area contributed by atoms with Crippen molar-refractivity contribution in [3.63, 3.8) is 0 Å². The number of pyridine rings is 1. The van der Waals surface area contributed by atoms with Crippen molar-refractivity contribution < 1.29 is 4.79 Å². The van der Waals surface area contributed by atoms with Crippen LogP contribution >= 0.6 is 0 Å². The van der Waals surface area contributed by atoms with E-state index in [0.29, 0.717) is 5.56 Å². The third-order valence-corrected chi connectivity index (χ3v) is 4.16. The Kier molecular flexibility index (Phi) is 2.92. The topological polar surface area (TPSA) is 68.3 Å². The zero-order valence-corrected chi connectivity index (χ0v) is 12.3. The maximum atomic E-state index is 12.8. The fourth-order valence-electron chi connectivity index (χ4n) is 3.09. The van der Waals surface area contributed by atoms with Crippen LogP contribution in [0.4, 0.5) is 0 Å². The molecule has 3 aromatic rings. The molecule has 7 nitrogen and oxygen atoms in total. The third-order valence-electron chi connectivity index (χ3n) is 4.16. The molecular formula is C15H16N6O. The van der Waals surface area contributed by atoms with Crippen molar-refractivity contribution in [3.8, 4) is 0 Å². The average molecular weight is 296 g/mol. The first-order chi connectivity index (χ1) is 10.7. The Balaban J connectivity index is 1.65. The molecule has 3 aromatic heterocycles. The molecular weight excluding hydrogens is 280 g/mol. The zero-order valence-electron chi connectivity index (χ0n) is 12.3. The first kappa shape index (κ1) is 13.0. The quantitative estimate of drug-likeness (QED) is 0.717. The van der Waals surface area contributed by atoms with Gasteiger partial charge in [-0.2, -0.15) is 5.10 Å². The second-order valence-corrected chi connectivity index (χ2v) is 5.62. The second-order valence-electron chi connectivity index (χ2n) is 5.62. The van der Waals surface area contributed by atoms with Crippen molar-refractivity contribution in [1.82, 2.24) is 29.3 Å². The van der Waals surface area contributed by atoms with Gasteiger partial charge in [0.1, 0.15) is 6.33 Å². The Morgan fingerprint density at radius 2 is 2.23 bits per heavy atom. The molecule has 4 rings (SSSR count). The molecule has 0 N–H and O–H groups in total. The summed E-state index contributed by atoms with van der Waals surface area (Å²) in [5.74, 6) is 0.0435. The van der Waals surface area contributed by atoms with Crippen LogP contribution in [0.25, 0.3) is 5.65 Å². The van der Waals surface area contributed by atoms with Gasteiger partial charge in [0, 0.05) is 31.5 Å². The molecule has 1 atom stereocenters. The number of aryl methyl sites for hydroxylation is 1. The molecule has 1 saturated heterocycles. The number of carbonyl (C=O) groups excluding carboxylic acids is 1. The van der Waals surface area contributed by atoms with Gasteiger partial charge in [0.2, 0.25) is 0 Å². The third kappa shape index (κ3) is 2.05. The number of carbonyl (C=O) groups is 1. The van der Waals surface area contributed by atoms with Crippen LogP contribution in [0.5, 0.6) is 0 Å². The lowest BCUT2D eigenvalue weighted by Crippen LogP contribution is -2.30.